The molecule has 5 heteroatoms. The maximum atomic E-state index is 12.7. The van der Waals surface area contributed by atoms with E-state index >= 15 is 0 Å². The molecule has 116 valence electrons. The summed E-state index contributed by atoms with van der Waals surface area (Å²) in [5, 5.41) is 2.84. The molecule has 1 aliphatic rings. The highest BCUT2D eigenvalue weighted by atomic mass is 16.3. The van der Waals surface area contributed by atoms with Crippen LogP contribution in [0.1, 0.15) is 39.9 Å². The molecule has 0 aliphatic carbocycles. The molecule has 2 heterocycles. The highest BCUT2D eigenvalue weighted by molar-refractivity contribution is 5.97. The molecule has 1 aromatic heterocycles. The Labute approximate surface area is 125 Å². The number of amides is 2. The molecule has 0 saturated carbocycles. The SMILES string of the molecule is CCC1NC(=O)C(C(C)C)N(C(C)Cc2ccco2)C1=O. The van der Waals surface area contributed by atoms with Gasteiger partial charge in [0.2, 0.25) is 11.8 Å². The van der Waals surface area contributed by atoms with E-state index in [2.05, 4.69) is 5.32 Å². The van der Waals surface area contributed by atoms with Gasteiger partial charge in [-0.25, -0.2) is 0 Å². The lowest BCUT2D eigenvalue weighted by atomic mass is 9.93. The van der Waals surface area contributed by atoms with Crippen molar-refractivity contribution in [2.24, 2.45) is 5.92 Å². The van der Waals surface area contributed by atoms with Crippen molar-refractivity contribution < 1.29 is 14.0 Å². The number of furan rings is 1. The molecule has 0 bridgehead atoms. The molecule has 1 saturated heterocycles. The van der Waals surface area contributed by atoms with Crippen molar-refractivity contribution in [1.29, 1.82) is 0 Å². The number of rotatable bonds is 5. The molecule has 2 amide bonds. The van der Waals surface area contributed by atoms with Crippen molar-refractivity contribution in [2.75, 3.05) is 0 Å². The molecule has 21 heavy (non-hydrogen) atoms. The Bertz CT molecular complexity index is 496. The molecular formula is C16H24N2O3. The molecule has 1 N–H and O–H groups in total. The Hall–Kier alpha value is -1.78. The summed E-state index contributed by atoms with van der Waals surface area (Å²) < 4.78 is 5.37. The monoisotopic (exact) mass is 292 g/mol. The fraction of sp³-hybridized carbons (Fsp3) is 0.625. The zero-order valence-electron chi connectivity index (χ0n) is 13.1. The minimum Gasteiger partial charge on any atom is -0.469 e. The third-order valence-corrected chi connectivity index (χ3v) is 4.03. The molecule has 1 aromatic rings. The maximum absolute atomic E-state index is 12.7. The standard InChI is InChI=1S/C16H24N2O3/c1-5-13-16(20)18(14(10(2)3)15(19)17-13)11(4)9-12-7-6-8-21-12/h6-8,10-11,13-14H,5,9H2,1-4H3,(H,17,19). The van der Waals surface area contributed by atoms with E-state index in [0.29, 0.717) is 12.8 Å². The van der Waals surface area contributed by atoms with Crippen molar-refractivity contribution in [2.45, 2.75) is 58.7 Å². The first-order valence-corrected chi connectivity index (χ1v) is 7.60. The number of nitrogens with zero attached hydrogens (tertiary/aromatic N) is 1. The van der Waals surface area contributed by atoms with E-state index in [1.807, 2.05) is 39.8 Å². The number of carbonyl (C=O) groups is 2. The first-order chi connectivity index (χ1) is 9.95. The summed E-state index contributed by atoms with van der Waals surface area (Å²) in [6, 6.07) is 2.83. The zero-order chi connectivity index (χ0) is 15.6. The maximum Gasteiger partial charge on any atom is 0.246 e. The quantitative estimate of drug-likeness (QED) is 0.902. The number of carbonyl (C=O) groups excluding carboxylic acids is 2. The van der Waals surface area contributed by atoms with E-state index in [1.54, 1.807) is 11.2 Å². The van der Waals surface area contributed by atoms with Gasteiger partial charge in [0, 0.05) is 12.5 Å². The predicted octanol–water partition coefficient (Wildman–Crippen LogP) is 1.97. The Kier molecular flexibility index (Phi) is 4.70. The van der Waals surface area contributed by atoms with E-state index in [0.717, 1.165) is 5.76 Å². The van der Waals surface area contributed by atoms with E-state index in [1.165, 1.54) is 0 Å². The van der Waals surface area contributed by atoms with Gasteiger partial charge in [0.25, 0.3) is 0 Å². The van der Waals surface area contributed by atoms with Crippen LogP contribution in [0.4, 0.5) is 0 Å². The summed E-state index contributed by atoms with van der Waals surface area (Å²) in [4.78, 5) is 26.8. The van der Waals surface area contributed by atoms with Gasteiger partial charge in [-0.1, -0.05) is 20.8 Å². The van der Waals surface area contributed by atoms with Crippen molar-refractivity contribution in [3.8, 4) is 0 Å². The van der Waals surface area contributed by atoms with Gasteiger partial charge in [0.1, 0.15) is 17.8 Å². The molecule has 1 aliphatic heterocycles. The van der Waals surface area contributed by atoms with Crippen LogP contribution in [-0.4, -0.2) is 34.8 Å². The van der Waals surface area contributed by atoms with E-state index in [9.17, 15) is 9.59 Å². The third-order valence-electron chi connectivity index (χ3n) is 4.03. The fourth-order valence-corrected chi connectivity index (χ4v) is 2.97. The molecule has 2 rings (SSSR count). The van der Waals surface area contributed by atoms with Crippen LogP contribution >= 0.6 is 0 Å². The van der Waals surface area contributed by atoms with Gasteiger partial charge in [-0.3, -0.25) is 9.59 Å². The Balaban J connectivity index is 2.24. The van der Waals surface area contributed by atoms with Gasteiger partial charge in [-0.05, 0) is 31.4 Å². The van der Waals surface area contributed by atoms with Crippen LogP contribution in [0.15, 0.2) is 22.8 Å². The molecule has 5 nitrogen and oxygen atoms in total. The number of nitrogens with one attached hydrogen (secondary N) is 1. The van der Waals surface area contributed by atoms with E-state index in [4.69, 9.17) is 4.42 Å². The average molecular weight is 292 g/mol. The van der Waals surface area contributed by atoms with Crippen LogP contribution in [0, 0.1) is 5.92 Å². The Morgan fingerprint density at radius 1 is 1.33 bits per heavy atom. The molecule has 0 radical (unpaired) electrons. The third kappa shape index (κ3) is 3.12. The topological polar surface area (TPSA) is 62.6 Å². The lowest BCUT2D eigenvalue weighted by molar-refractivity contribution is -0.153. The van der Waals surface area contributed by atoms with Crippen LogP contribution in [-0.2, 0) is 16.0 Å². The van der Waals surface area contributed by atoms with Crippen molar-refractivity contribution in [3.63, 3.8) is 0 Å². The van der Waals surface area contributed by atoms with Crippen LogP contribution in [0.3, 0.4) is 0 Å². The van der Waals surface area contributed by atoms with Gasteiger partial charge in [-0.2, -0.15) is 0 Å². The lowest BCUT2D eigenvalue weighted by Gasteiger charge is -2.43. The molecular weight excluding hydrogens is 268 g/mol. The second-order valence-corrected chi connectivity index (χ2v) is 6.04. The largest absolute Gasteiger partial charge is 0.469 e. The highest BCUT2D eigenvalue weighted by Crippen LogP contribution is 2.23. The van der Waals surface area contributed by atoms with Crippen LogP contribution in [0.25, 0.3) is 0 Å². The Morgan fingerprint density at radius 2 is 2.05 bits per heavy atom. The van der Waals surface area contributed by atoms with Crippen LogP contribution < -0.4 is 5.32 Å². The van der Waals surface area contributed by atoms with Crippen molar-refractivity contribution >= 4 is 11.8 Å². The van der Waals surface area contributed by atoms with Gasteiger partial charge < -0.3 is 14.6 Å². The summed E-state index contributed by atoms with van der Waals surface area (Å²) >= 11 is 0. The summed E-state index contributed by atoms with van der Waals surface area (Å²) in [6.07, 6.45) is 2.85. The number of piperazine rings is 1. The van der Waals surface area contributed by atoms with E-state index in [-0.39, 0.29) is 23.8 Å². The minimum atomic E-state index is -0.412. The van der Waals surface area contributed by atoms with Crippen molar-refractivity contribution in [3.05, 3.63) is 24.2 Å². The normalized spacial score (nSPS) is 24.3. The Morgan fingerprint density at radius 3 is 2.57 bits per heavy atom. The van der Waals surface area contributed by atoms with Crippen molar-refractivity contribution in [1.82, 2.24) is 10.2 Å². The second kappa shape index (κ2) is 6.33. The van der Waals surface area contributed by atoms with Crippen LogP contribution in [0.2, 0.25) is 0 Å². The summed E-state index contributed by atoms with van der Waals surface area (Å²) in [6.45, 7) is 7.82. The second-order valence-electron chi connectivity index (χ2n) is 6.04. The average Bonchev–Trinajstić information content (AvgIpc) is 2.92. The molecule has 3 unspecified atom stereocenters. The van der Waals surface area contributed by atoms with Gasteiger partial charge in [-0.15, -0.1) is 0 Å². The smallest absolute Gasteiger partial charge is 0.246 e. The molecule has 0 spiro atoms. The first kappa shape index (κ1) is 15.6. The fourth-order valence-electron chi connectivity index (χ4n) is 2.97. The molecule has 3 atom stereocenters. The molecule has 0 aromatic carbocycles. The van der Waals surface area contributed by atoms with E-state index < -0.39 is 12.1 Å². The molecule has 1 fully saturated rings. The highest BCUT2D eigenvalue weighted by Gasteiger charge is 2.43. The zero-order valence-corrected chi connectivity index (χ0v) is 13.1. The summed E-state index contributed by atoms with van der Waals surface area (Å²) in [5.74, 6) is 0.861. The van der Waals surface area contributed by atoms with Crippen LogP contribution in [0.5, 0.6) is 0 Å². The van der Waals surface area contributed by atoms with Gasteiger partial charge in [0.15, 0.2) is 0 Å². The minimum absolute atomic E-state index is 0.00913. The number of hydrogen-bond donors (Lipinski definition) is 1. The predicted molar refractivity (Wildman–Crippen MR) is 79.6 cm³/mol. The lowest BCUT2D eigenvalue weighted by Crippen LogP contribution is -2.66. The number of hydrogen-bond acceptors (Lipinski definition) is 3. The summed E-state index contributed by atoms with van der Waals surface area (Å²) in [7, 11) is 0. The first-order valence-electron chi connectivity index (χ1n) is 7.60. The summed E-state index contributed by atoms with van der Waals surface area (Å²) in [5.41, 5.74) is 0. The van der Waals surface area contributed by atoms with Gasteiger partial charge in [0.05, 0.1) is 6.26 Å². The van der Waals surface area contributed by atoms with Gasteiger partial charge >= 0.3 is 0 Å².